The smallest absolute Gasteiger partial charge is 1.00 e. The molecule has 0 aliphatic carbocycles. The van der Waals surface area contributed by atoms with Crippen molar-refractivity contribution in [1.82, 2.24) is 9.97 Å². The van der Waals surface area contributed by atoms with Crippen LogP contribution in [0.15, 0.2) is 12.5 Å². The molecule has 0 saturated heterocycles. The molecule has 6 heteroatoms. The molecular formula is C6H11N3O2Sr. The molecule has 0 bridgehead atoms. The van der Waals surface area contributed by atoms with E-state index in [1.807, 2.05) is 0 Å². The number of H-pyrrole nitrogens is 1. The molecule has 12 heavy (non-hydrogen) atoms. The van der Waals surface area contributed by atoms with E-state index in [2.05, 4.69) is 9.97 Å². The predicted molar refractivity (Wildman–Crippen MR) is 45.9 cm³/mol. The van der Waals surface area contributed by atoms with Crippen LogP contribution in [-0.4, -0.2) is 72.6 Å². The van der Waals surface area contributed by atoms with E-state index in [1.54, 1.807) is 6.20 Å². The zero-order chi connectivity index (χ0) is 8.27. The number of carbonyl (C=O) groups is 1. The first-order valence-corrected chi connectivity index (χ1v) is 3.16. The third-order valence-electron chi connectivity index (χ3n) is 1.31. The number of aromatic amines is 1. The van der Waals surface area contributed by atoms with Gasteiger partial charge in [0.25, 0.3) is 0 Å². The molecule has 1 aromatic heterocycles. The van der Waals surface area contributed by atoms with Crippen LogP contribution in [0.3, 0.4) is 0 Å². The van der Waals surface area contributed by atoms with Crippen molar-refractivity contribution in [3.63, 3.8) is 0 Å². The summed E-state index contributed by atoms with van der Waals surface area (Å²) in [6.45, 7) is 0. The Morgan fingerprint density at radius 3 is 3.00 bits per heavy atom. The van der Waals surface area contributed by atoms with Crippen molar-refractivity contribution in [2.24, 2.45) is 5.73 Å². The Morgan fingerprint density at radius 1 is 1.92 bits per heavy atom. The first-order valence-electron chi connectivity index (χ1n) is 3.16. The molecule has 5 nitrogen and oxygen atoms in total. The number of aliphatic carboxylic acids is 1. The van der Waals surface area contributed by atoms with Crippen LogP contribution >= 0.6 is 0 Å². The molecule has 4 N–H and O–H groups in total. The van der Waals surface area contributed by atoms with Crippen LogP contribution in [0.2, 0.25) is 0 Å². The maximum Gasteiger partial charge on any atom is 2.00 e. The van der Waals surface area contributed by atoms with E-state index < -0.39 is 12.0 Å². The Labute approximate surface area is 110 Å². The molecule has 64 valence electrons. The van der Waals surface area contributed by atoms with Crippen molar-refractivity contribution in [3.8, 4) is 0 Å². The van der Waals surface area contributed by atoms with E-state index in [0.29, 0.717) is 0 Å². The van der Waals surface area contributed by atoms with Gasteiger partial charge < -0.3 is 18.7 Å². The number of hydrogen-bond acceptors (Lipinski definition) is 3. The molecule has 1 heterocycles. The third kappa shape index (κ3) is 3.68. The molecule has 0 aliphatic rings. The van der Waals surface area contributed by atoms with E-state index in [-0.39, 0.29) is 54.8 Å². The van der Waals surface area contributed by atoms with Crippen LogP contribution in [0.4, 0.5) is 0 Å². The quantitative estimate of drug-likeness (QED) is 0.608. The fourth-order valence-electron chi connectivity index (χ4n) is 0.721. The number of nitrogens with zero attached hydrogens (tertiary/aromatic N) is 1. The van der Waals surface area contributed by atoms with Crippen LogP contribution in [0, 0.1) is 0 Å². The number of imidazole rings is 1. The molecule has 0 radical (unpaired) electrons. The molecule has 0 spiro atoms. The van der Waals surface area contributed by atoms with Crippen LogP contribution in [0.25, 0.3) is 0 Å². The second kappa shape index (κ2) is 5.71. The van der Waals surface area contributed by atoms with Crippen molar-refractivity contribution in [3.05, 3.63) is 18.2 Å². The van der Waals surface area contributed by atoms with E-state index >= 15 is 0 Å². The normalized spacial score (nSPS) is 11.8. The summed E-state index contributed by atoms with van der Waals surface area (Å²) < 4.78 is 0. The van der Waals surface area contributed by atoms with Crippen molar-refractivity contribution >= 4 is 51.5 Å². The number of rotatable bonds is 3. The molecule has 0 amide bonds. The van der Waals surface area contributed by atoms with Gasteiger partial charge in [-0.3, -0.25) is 4.79 Å². The zero-order valence-electron chi connectivity index (χ0n) is 8.53. The SMILES string of the molecule is N[C@@H](Cc1cnc[nH]1)C(=O)O.[H-].[H-].[Sr+2]. The summed E-state index contributed by atoms with van der Waals surface area (Å²) in [4.78, 5) is 16.8. The number of hydrogen-bond donors (Lipinski definition) is 3. The summed E-state index contributed by atoms with van der Waals surface area (Å²) in [6, 6.07) is -0.851. The predicted octanol–water partition coefficient (Wildman–Crippen LogP) is -0.792. The topological polar surface area (TPSA) is 92.0 Å². The summed E-state index contributed by atoms with van der Waals surface area (Å²) in [7, 11) is 0. The van der Waals surface area contributed by atoms with Crippen LogP contribution in [0.5, 0.6) is 0 Å². The summed E-state index contributed by atoms with van der Waals surface area (Å²) >= 11 is 0. The van der Waals surface area contributed by atoms with Crippen molar-refractivity contribution in [1.29, 1.82) is 0 Å². The average Bonchev–Trinajstić information content (AvgIpc) is 2.39. The molecule has 0 fully saturated rings. The Kier molecular flexibility index (Phi) is 5.77. The first-order chi connectivity index (χ1) is 5.20. The van der Waals surface area contributed by atoms with Gasteiger partial charge in [-0.15, -0.1) is 0 Å². The first kappa shape index (κ1) is 12.1. The standard InChI is InChI=1S/C6H9N3O2.Sr.2H/c7-5(6(10)11)1-4-2-8-3-9-4;;;/h2-3,5H,1,7H2,(H,8,9)(H,10,11);;;/q;+2;2*-1/t5-;;;/m0.../s1. The maximum absolute atomic E-state index is 10.3. The van der Waals surface area contributed by atoms with E-state index in [1.165, 1.54) is 6.33 Å². The van der Waals surface area contributed by atoms with Gasteiger partial charge in [-0.25, -0.2) is 4.98 Å². The average molecular weight is 245 g/mol. The van der Waals surface area contributed by atoms with E-state index in [9.17, 15) is 4.79 Å². The molecule has 1 rings (SSSR count). The number of carboxylic acid groups (broad SMARTS) is 1. The second-order valence-corrected chi connectivity index (χ2v) is 2.23. The van der Waals surface area contributed by atoms with Crippen molar-refractivity contribution in [2.75, 3.05) is 0 Å². The molecule has 0 unspecified atom stereocenters. The number of nitrogens with two attached hydrogens (primary N) is 1. The van der Waals surface area contributed by atoms with Gasteiger partial charge in [0.2, 0.25) is 0 Å². The van der Waals surface area contributed by atoms with Crippen molar-refractivity contribution in [2.45, 2.75) is 12.5 Å². The third-order valence-corrected chi connectivity index (χ3v) is 1.31. The number of aromatic nitrogens is 2. The fraction of sp³-hybridized carbons (Fsp3) is 0.333. The molecule has 0 aromatic carbocycles. The van der Waals surface area contributed by atoms with E-state index in [4.69, 9.17) is 10.8 Å². The molecule has 1 aromatic rings. The summed E-state index contributed by atoms with van der Waals surface area (Å²) in [6.07, 6.45) is 3.34. The molecule has 0 aliphatic heterocycles. The molecular weight excluding hydrogens is 234 g/mol. The number of carboxylic acids is 1. The van der Waals surface area contributed by atoms with Crippen LogP contribution in [-0.2, 0) is 11.2 Å². The minimum atomic E-state index is -1.00. The Hall–Kier alpha value is 0.121. The Balaban J connectivity index is -0.000000403. The van der Waals surface area contributed by atoms with Gasteiger partial charge in [0.1, 0.15) is 6.04 Å². The molecule has 0 saturated carbocycles. The zero-order valence-corrected chi connectivity index (χ0v) is 10.0. The Bertz CT molecular complexity index is 245. The second-order valence-electron chi connectivity index (χ2n) is 2.23. The van der Waals surface area contributed by atoms with Gasteiger partial charge >= 0.3 is 51.5 Å². The van der Waals surface area contributed by atoms with E-state index in [0.717, 1.165) is 5.69 Å². The van der Waals surface area contributed by atoms with Gasteiger partial charge in [-0.1, -0.05) is 0 Å². The summed E-state index contributed by atoms with van der Waals surface area (Å²) in [5.41, 5.74) is 6.00. The van der Waals surface area contributed by atoms with Crippen LogP contribution < -0.4 is 5.73 Å². The van der Waals surface area contributed by atoms with Gasteiger partial charge in [0.05, 0.1) is 6.33 Å². The maximum atomic E-state index is 10.3. The van der Waals surface area contributed by atoms with Crippen molar-refractivity contribution < 1.29 is 12.8 Å². The minimum Gasteiger partial charge on any atom is -1.00 e. The molecule has 1 atom stereocenters. The number of nitrogens with one attached hydrogen (secondary N) is 1. The minimum absolute atomic E-state index is 0. The van der Waals surface area contributed by atoms with Gasteiger partial charge in [0, 0.05) is 18.3 Å². The Morgan fingerprint density at radius 2 is 2.58 bits per heavy atom. The van der Waals surface area contributed by atoms with Gasteiger partial charge in [-0.2, -0.15) is 0 Å². The monoisotopic (exact) mass is 245 g/mol. The van der Waals surface area contributed by atoms with Gasteiger partial charge in [0.15, 0.2) is 0 Å². The fourth-order valence-corrected chi connectivity index (χ4v) is 0.721. The summed E-state index contributed by atoms with van der Waals surface area (Å²) in [5, 5.41) is 8.42. The van der Waals surface area contributed by atoms with Gasteiger partial charge in [-0.05, 0) is 0 Å². The largest absolute Gasteiger partial charge is 2.00 e. The van der Waals surface area contributed by atoms with Crippen LogP contribution in [0.1, 0.15) is 8.55 Å². The summed E-state index contributed by atoms with van der Waals surface area (Å²) in [5.74, 6) is -1.00.